The molecule has 0 aromatic carbocycles. The summed E-state index contributed by atoms with van der Waals surface area (Å²) in [5.41, 5.74) is 1.55. The smallest absolute Gasteiger partial charge is 0.252 e. The molecule has 0 radical (unpaired) electrons. The zero-order valence-corrected chi connectivity index (χ0v) is 13.5. The van der Waals surface area contributed by atoms with Gasteiger partial charge in [-0.1, -0.05) is 6.92 Å². The van der Waals surface area contributed by atoms with E-state index in [1.165, 1.54) is 12.0 Å². The minimum absolute atomic E-state index is 0.0749. The van der Waals surface area contributed by atoms with Crippen molar-refractivity contribution in [2.75, 3.05) is 7.11 Å². The predicted molar refractivity (Wildman–Crippen MR) is 82.9 cm³/mol. The van der Waals surface area contributed by atoms with E-state index in [-0.39, 0.29) is 11.9 Å². The fourth-order valence-electron chi connectivity index (χ4n) is 1.89. The number of aromatic nitrogens is 2. The molecule has 2 heterocycles. The number of methoxy groups -OCH3 is 1. The SMILES string of the molecule is CC[C@H](NC(=O)c1ccnc(OC)c1)c1nc(C)c(C)s1. The second-order valence-corrected chi connectivity index (χ2v) is 5.95. The third-order valence-corrected chi connectivity index (χ3v) is 4.45. The van der Waals surface area contributed by atoms with Crippen LogP contribution in [0.4, 0.5) is 0 Å². The average Bonchev–Trinajstić information content (AvgIpc) is 2.83. The molecule has 0 fully saturated rings. The highest BCUT2D eigenvalue weighted by molar-refractivity contribution is 7.11. The predicted octanol–water partition coefficient (Wildman–Crippen LogP) is 3.04. The maximum atomic E-state index is 12.3. The lowest BCUT2D eigenvalue weighted by atomic mass is 10.2. The Labute approximate surface area is 128 Å². The van der Waals surface area contributed by atoms with Crippen molar-refractivity contribution in [3.8, 4) is 5.88 Å². The monoisotopic (exact) mass is 305 g/mol. The molecule has 2 aromatic rings. The fourth-order valence-corrected chi connectivity index (χ4v) is 2.95. The van der Waals surface area contributed by atoms with Crippen LogP contribution in [0.5, 0.6) is 5.88 Å². The fraction of sp³-hybridized carbons (Fsp3) is 0.400. The van der Waals surface area contributed by atoms with Crippen molar-refractivity contribution in [2.24, 2.45) is 0 Å². The number of pyridine rings is 1. The van der Waals surface area contributed by atoms with E-state index in [4.69, 9.17) is 4.74 Å². The van der Waals surface area contributed by atoms with Crippen LogP contribution < -0.4 is 10.1 Å². The number of aryl methyl sites for hydroxylation is 2. The van der Waals surface area contributed by atoms with E-state index in [0.29, 0.717) is 11.4 Å². The second kappa shape index (κ2) is 6.67. The lowest BCUT2D eigenvalue weighted by Crippen LogP contribution is -2.28. The lowest BCUT2D eigenvalue weighted by Gasteiger charge is -2.14. The number of hydrogen-bond donors (Lipinski definition) is 1. The molecular formula is C15H19N3O2S. The molecule has 5 nitrogen and oxygen atoms in total. The van der Waals surface area contributed by atoms with Crippen LogP contribution in [-0.2, 0) is 0 Å². The first-order valence-corrected chi connectivity index (χ1v) is 7.61. The number of hydrogen-bond acceptors (Lipinski definition) is 5. The molecule has 6 heteroatoms. The van der Waals surface area contributed by atoms with Gasteiger partial charge in [0.25, 0.3) is 5.91 Å². The maximum absolute atomic E-state index is 12.3. The summed E-state index contributed by atoms with van der Waals surface area (Å²) >= 11 is 1.63. The summed E-state index contributed by atoms with van der Waals surface area (Å²) in [5, 5.41) is 3.96. The molecule has 2 rings (SSSR count). The van der Waals surface area contributed by atoms with Gasteiger partial charge in [-0.2, -0.15) is 0 Å². The third kappa shape index (κ3) is 3.58. The number of rotatable bonds is 5. The van der Waals surface area contributed by atoms with Crippen LogP contribution in [0.25, 0.3) is 0 Å². The highest BCUT2D eigenvalue weighted by atomic mass is 32.1. The number of thiazole rings is 1. The largest absolute Gasteiger partial charge is 0.481 e. The molecule has 0 saturated carbocycles. The van der Waals surface area contributed by atoms with Crippen molar-refractivity contribution < 1.29 is 9.53 Å². The van der Waals surface area contributed by atoms with E-state index in [0.717, 1.165) is 17.1 Å². The summed E-state index contributed by atoms with van der Waals surface area (Å²) in [6.45, 7) is 6.06. The maximum Gasteiger partial charge on any atom is 0.252 e. The van der Waals surface area contributed by atoms with E-state index in [2.05, 4.69) is 15.3 Å². The van der Waals surface area contributed by atoms with Crippen LogP contribution in [0.1, 0.15) is 45.3 Å². The summed E-state index contributed by atoms with van der Waals surface area (Å²) in [4.78, 5) is 22.0. The highest BCUT2D eigenvalue weighted by Crippen LogP contribution is 2.25. The van der Waals surface area contributed by atoms with Crippen LogP contribution in [0.3, 0.4) is 0 Å². The lowest BCUT2D eigenvalue weighted by molar-refractivity contribution is 0.0935. The summed E-state index contributed by atoms with van der Waals surface area (Å²) < 4.78 is 5.04. The van der Waals surface area contributed by atoms with Gasteiger partial charge in [0.15, 0.2) is 0 Å². The van der Waals surface area contributed by atoms with Gasteiger partial charge in [0.05, 0.1) is 18.8 Å². The van der Waals surface area contributed by atoms with Crippen molar-refractivity contribution in [3.05, 3.63) is 39.5 Å². The third-order valence-electron chi connectivity index (χ3n) is 3.26. The first-order valence-electron chi connectivity index (χ1n) is 6.80. The Balaban J connectivity index is 2.15. The Bertz CT molecular complexity index is 620. The van der Waals surface area contributed by atoms with Crippen LogP contribution in [0.2, 0.25) is 0 Å². The van der Waals surface area contributed by atoms with Crippen molar-refractivity contribution >= 4 is 17.2 Å². The van der Waals surface area contributed by atoms with Crippen molar-refractivity contribution in [3.63, 3.8) is 0 Å². The molecule has 1 atom stereocenters. The van der Waals surface area contributed by atoms with Crippen molar-refractivity contribution in [1.29, 1.82) is 0 Å². The summed E-state index contributed by atoms with van der Waals surface area (Å²) in [6.07, 6.45) is 2.35. The minimum atomic E-state index is -0.145. The zero-order valence-electron chi connectivity index (χ0n) is 12.6. The molecular weight excluding hydrogens is 286 g/mol. The molecule has 0 unspecified atom stereocenters. The summed E-state index contributed by atoms with van der Waals surface area (Å²) in [5.74, 6) is 0.282. The molecule has 112 valence electrons. The molecule has 0 aliphatic heterocycles. The number of ether oxygens (including phenoxy) is 1. The Morgan fingerprint density at radius 2 is 2.24 bits per heavy atom. The summed E-state index contributed by atoms with van der Waals surface area (Å²) in [6, 6.07) is 3.22. The number of nitrogens with one attached hydrogen (secondary N) is 1. The molecule has 1 N–H and O–H groups in total. The van der Waals surface area contributed by atoms with Crippen LogP contribution in [-0.4, -0.2) is 23.0 Å². The van der Waals surface area contributed by atoms with Gasteiger partial charge in [-0.25, -0.2) is 9.97 Å². The zero-order chi connectivity index (χ0) is 15.4. The van der Waals surface area contributed by atoms with Gasteiger partial charge in [0.2, 0.25) is 5.88 Å². The molecule has 1 amide bonds. The Morgan fingerprint density at radius 3 is 2.81 bits per heavy atom. The second-order valence-electron chi connectivity index (χ2n) is 4.71. The molecule has 2 aromatic heterocycles. The van der Waals surface area contributed by atoms with Gasteiger partial charge >= 0.3 is 0 Å². The Kier molecular flexibility index (Phi) is 4.90. The van der Waals surface area contributed by atoms with Gasteiger partial charge in [0, 0.05) is 22.7 Å². The van der Waals surface area contributed by atoms with Crippen LogP contribution in [0, 0.1) is 13.8 Å². The summed E-state index contributed by atoms with van der Waals surface area (Å²) in [7, 11) is 1.53. The van der Waals surface area contributed by atoms with Crippen LogP contribution in [0.15, 0.2) is 18.3 Å². The quantitative estimate of drug-likeness (QED) is 0.922. The van der Waals surface area contributed by atoms with Gasteiger partial charge in [-0.3, -0.25) is 4.79 Å². The van der Waals surface area contributed by atoms with E-state index in [1.54, 1.807) is 29.7 Å². The number of nitrogens with zero attached hydrogens (tertiary/aromatic N) is 2. The standard InChI is InChI=1S/C15H19N3O2S/c1-5-12(15-17-9(2)10(3)21-15)18-14(19)11-6-7-16-13(8-11)20-4/h6-8,12H,5H2,1-4H3,(H,18,19)/t12-/m0/s1. The molecule has 0 bridgehead atoms. The minimum Gasteiger partial charge on any atom is -0.481 e. The number of carbonyl (C=O) groups is 1. The topological polar surface area (TPSA) is 64.1 Å². The van der Waals surface area contributed by atoms with Crippen LogP contribution >= 0.6 is 11.3 Å². The van der Waals surface area contributed by atoms with Gasteiger partial charge in [-0.05, 0) is 26.3 Å². The van der Waals surface area contributed by atoms with E-state index >= 15 is 0 Å². The molecule has 0 spiro atoms. The van der Waals surface area contributed by atoms with Crippen molar-refractivity contribution in [2.45, 2.75) is 33.2 Å². The average molecular weight is 305 g/mol. The first kappa shape index (κ1) is 15.4. The Morgan fingerprint density at radius 1 is 1.48 bits per heavy atom. The van der Waals surface area contributed by atoms with E-state index in [1.807, 2.05) is 20.8 Å². The number of amides is 1. The van der Waals surface area contributed by atoms with E-state index in [9.17, 15) is 4.79 Å². The molecule has 0 saturated heterocycles. The first-order chi connectivity index (χ1) is 10.0. The van der Waals surface area contributed by atoms with E-state index < -0.39 is 0 Å². The van der Waals surface area contributed by atoms with Gasteiger partial charge < -0.3 is 10.1 Å². The molecule has 0 aliphatic rings. The van der Waals surface area contributed by atoms with Gasteiger partial charge in [-0.15, -0.1) is 11.3 Å². The Hall–Kier alpha value is -1.95. The normalized spacial score (nSPS) is 12.0. The molecule has 0 aliphatic carbocycles. The highest BCUT2D eigenvalue weighted by Gasteiger charge is 2.18. The molecule has 21 heavy (non-hydrogen) atoms. The van der Waals surface area contributed by atoms with Gasteiger partial charge in [0.1, 0.15) is 5.01 Å². The number of carbonyl (C=O) groups excluding carboxylic acids is 1. The van der Waals surface area contributed by atoms with Crippen molar-refractivity contribution in [1.82, 2.24) is 15.3 Å².